The number of hydrogen-bond acceptors (Lipinski definition) is 3. The van der Waals surface area contributed by atoms with Gasteiger partial charge in [0.15, 0.2) is 0 Å². The summed E-state index contributed by atoms with van der Waals surface area (Å²) in [6.45, 7) is 6.63. The van der Waals surface area contributed by atoms with Crippen LogP contribution < -0.4 is 5.32 Å². The molecule has 0 aliphatic rings. The summed E-state index contributed by atoms with van der Waals surface area (Å²) in [4.78, 5) is 14.5. The van der Waals surface area contributed by atoms with Crippen LogP contribution in [0.2, 0.25) is 5.02 Å². The van der Waals surface area contributed by atoms with Gasteiger partial charge in [-0.15, -0.1) is 12.4 Å². The number of carbonyl (C=O) groups excluding carboxylic acids is 1. The van der Waals surface area contributed by atoms with E-state index < -0.39 is 6.09 Å². The van der Waals surface area contributed by atoms with Crippen molar-refractivity contribution in [2.75, 3.05) is 25.0 Å². The number of likely N-dealkylation sites (N-methyl/N-ethyl adjacent to an activating group) is 1. The van der Waals surface area contributed by atoms with E-state index in [1.54, 1.807) is 12.1 Å². The van der Waals surface area contributed by atoms with Crippen molar-refractivity contribution in [3.8, 4) is 0 Å². The number of benzene rings is 2. The van der Waals surface area contributed by atoms with E-state index in [1.807, 2.05) is 42.5 Å². The average Bonchev–Trinajstić information content (AvgIpc) is 2.61. The molecule has 1 unspecified atom stereocenters. The lowest BCUT2D eigenvalue weighted by Gasteiger charge is -2.25. The summed E-state index contributed by atoms with van der Waals surface area (Å²) >= 11 is 6.07. The van der Waals surface area contributed by atoms with Gasteiger partial charge in [0.1, 0.15) is 6.10 Å². The third-order valence-corrected chi connectivity index (χ3v) is 4.18. The second-order valence-corrected chi connectivity index (χ2v) is 5.80. The summed E-state index contributed by atoms with van der Waals surface area (Å²) in [7, 11) is 0. The molecule has 0 bridgehead atoms. The number of halogens is 2. The molecule has 0 saturated carbocycles. The van der Waals surface area contributed by atoms with Gasteiger partial charge in [0, 0.05) is 6.54 Å². The molecule has 1 atom stereocenters. The van der Waals surface area contributed by atoms with E-state index in [1.165, 1.54) is 0 Å². The smallest absolute Gasteiger partial charge is 0.412 e. The third-order valence-electron chi connectivity index (χ3n) is 3.85. The van der Waals surface area contributed by atoms with E-state index >= 15 is 0 Å². The third kappa shape index (κ3) is 6.58. The van der Waals surface area contributed by atoms with Crippen molar-refractivity contribution in [2.45, 2.75) is 20.0 Å². The first kappa shape index (κ1) is 21.3. The van der Waals surface area contributed by atoms with Crippen molar-refractivity contribution in [1.82, 2.24) is 4.90 Å². The quantitative estimate of drug-likeness (QED) is 0.697. The van der Waals surface area contributed by atoms with Gasteiger partial charge in [-0.2, -0.15) is 0 Å². The highest BCUT2D eigenvalue weighted by Crippen LogP contribution is 2.23. The maximum atomic E-state index is 12.3. The fourth-order valence-electron chi connectivity index (χ4n) is 2.43. The molecule has 0 aromatic heterocycles. The molecule has 2 aromatic carbocycles. The van der Waals surface area contributed by atoms with Crippen LogP contribution in [-0.2, 0) is 4.74 Å². The Bertz CT molecular complexity index is 649. The van der Waals surface area contributed by atoms with Crippen molar-refractivity contribution >= 4 is 35.8 Å². The van der Waals surface area contributed by atoms with Crippen molar-refractivity contribution in [3.63, 3.8) is 0 Å². The molecule has 0 spiro atoms. The lowest BCUT2D eigenvalue weighted by molar-refractivity contribution is 0.0822. The van der Waals surface area contributed by atoms with E-state index in [0.717, 1.165) is 18.7 Å². The molecule has 0 saturated heterocycles. The number of carbonyl (C=O) groups is 1. The Morgan fingerprint density at radius 3 is 2.28 bits per heavy atom. The number of nitrogens with one attached hydrogen (secondary N) is 1. The molecule has 0 fully saturated rings. The highest BCUT2D eigenvalue weighted by molar-refractivity contribution is 6.33. The molecule has 136 valence electrons. The lowest BCUT2D eigenvalue weighted by atomic mass is 10.1. The number of anilines is 1. The van der Waals surface area contributed by atoms with Gasteiger partial charge >= 0.3 is 6.09 Å². The maximum absolute atomic E-state index is 12.3. The molecular formula is C19H24Cl2N2O2. The molecule has 6 heteroatoms. The first-order valence-corrected chi connectivity index (χ1v) is 8.51. The summed E-state index contributed by atoms with van der Waals surface area (Å²) in [5, 5.41) is 3.19. The molecule has 2 rings (SSSR count). The average molecular weight is 383 g/mol. The first-order valence-electron chi connectivity index (χ1n) is 8.13. The zero-order chi connectivity index (χ0) is 17.4. The van der Waals surface area contributed by atoms with Gasteiger partial charge in [0.25, 0.3) is 0 Å². The monoisotopic (exact) mass is 382 g/mol. The van der Waals surface area contributed by atoms with Crippen LogP contribution in [0.15, 0.2) is 54.6 Å². The highest BCUT2D eigenvalue weighted by atomic mass is 35.5. The standard InChI is InChI=1S/C19H23ClN2O2.ClH/c1-3-22(4-2)14-18(15-10-6-5-7-11-15)24-19(23)21-17-13-9-8-12-16(17)20;/h5-13,18H,3-4,14H2,1-2H3,(H,21,23);1H. The molecule has 0 radical (unpaired) electrons. The minimum atomic E-state index is -0.510. The van der Waals surface area contributed by atoms with Crippen molar-refractivity contribution in [1.29, 1.82) is 0 Å². The number of nitrogens with zero attached hydrogens (tertiary/aromatic N) is 1. The second-order valence-electron chi connectivity index (χ2n) is 5.40. The van der Waals surface area contributed by atoms with Gasteiger partial charge in [-0.25, -0.2) is 4.79 Å². The van der Waals surface area contributed by atoms with Crippen LogP contribution in [0.4, 0.5) is 10.5 Å². The number of hydrogen-bond donors (Lipinski definition) is 1. The van der Waals surface area contributed by atoms with Crippen LogP contribution >= 0.6 is 24.0 Å². The Hall–Kier alpha value is -1.75. The summed E-state index contributed by atoms with van der Waals surface area (Å²) < 4.78 is 5.68. The van der Waals surface area contributed by atoms with Gasteiger partial charge in [-0.3, -0.25) is 10.2 Å². The predicted molar refractivity (Wildman–Crippen MR) is 106 cm³/mol. The van der Waals surface area contributed by atoms with E-state index in [9.17, 15) is 4.79 Å². The van der Waals surface area contributed by atoms with E-state index in [4.69, 9.17) is 16.3 Å². The Balaban J connectivity index is 0.00000312. The second kappa shape index (κ2) is 11.0. The predicted octanol–water partition coefficient (Wildman–Crippen LogP) is 5.39. The lowest BCUT2D eigenvalue weighted by Crippen LogP contribution is -2.31. The molecule has 25 heavy (non-hydrogen) atoms. The SMILES string of the molecule is CCN(CC)CC(OC(=O)Nc1ccccc1Cl)c1ccccc1.Cl. The van der Waals surface area contributed by atoms with Crippen LogP contribution in [0.25, 0.3) is 0 Å². The van der Waals surface area contributed by atoms with Gasteiger partial charge < -0.3 is 4.74 Å². The van der Waals surface area contributed by atoms with Crippen LogP contribution in [0.1, 0.15) is 25.5 Å². The molecule has 1 amide bonds. The summed E-state index contributed by atoms with van der Waals surface area (Å²) in [5.74, 6) is 0. The maximum Gasteiger partial charge on any atom is 0.412 e. The van der Waals surface area contributed by atoms with E-state index in [-0.39, 0.29) is 18.5 Å². The number of para-hydroxylation sites is 1. The molecule has 0 aliphatic carbocycles. The van der Waals surface area contributed by atoms with Crippen LogP contribution in [-0.4, -0.2) is 30.6 Å². The molecule has 2 aromatic rings. The normalized spacial score (nSPS) is 11.5. The summed E-state index contributed by atoms with van der Waals surface area (Å²) in [6.07, 6.45) is -0.849. The number of rotatable bonds is 7. The highest BCUT2D eigenvalue weighted by Gasteiger charge is 2.19. The molecule has 1 N–H and O–H groups in total. The zero-order valence-electron chi connectivity index (χ0n) is 14.4. The minimum Gasteiger partial charge on any atom is -0.440 e. The summed E-state index contributed by atoms with van der Waals surface area (Å²) in [5.41, 5.74) is 1.51. The Labute approximate surface area is 160 Å². The fourth-order valence-corrected chi connectivity index (χ4v) is 2.61. The van der Waals surface area contributed by atoms with Crippen molar-refractivity contribution in [3.05, 3.63) is 65.2 Å². The van der Waals surface area contributed by atoms with Gasteiger partial charge in [-0.1, -0.05) is 67.9 Å². The van der Waals surface area contributed by atoms with Gasteiger partial charge in [0.2, 0.25) is 0 Å². The molecule has 4 nitrogen and oxygen atoms in total. The molecular weight excluding hydrogens is 359 g/mol. The summed E-state index contributed by atoms with van der Waals surface area (Å²) in [6, 6.07) is 16.9. The van der Waals surface area contributed by atoms with Crippen LogP contribution in [0.5, 0.6) is 0 Å². The number of amides is 1. The number of ether oxygens (including phenoxy) is 1. The zero-order valence-corrected chi connectivity index (χ0v) is 16.0. The molecule has 0 heterocycles. The van der Waals surface area contributed by atoms with Crippen molar-refractivity contribution < 1.29 is 9.53 Å². The van der Waals surface area contributed by atoms with E-state index in [2.05, 4.69) is 24.1 Å². The van der Waals surface area contributed by atoms with Crippen molar-refractivity contribution in [2.24, 2.45) is 0 Å². The van der Waals surface area contributed by atoms with E-state index in [0.29, 0.717) is 17.3 Å². The fraction of sp³-hybridized carbons (Fsp3) is 0.316. The Kier molecular flexibility index (Phi) is 9.35. The van der Waals surface area contributed by atoms with Crippen LogP contribution in [0.3, 0.4) is 0 Å². The Morgan fingerprint density at radius 2 is 1.68 bits per heavy atom. The topological polar surface area (TPSA) is 41.6 Å². The van der Waals surface area contributed by atoms with Gasteiger partial charge in [0.05, 0.1) is 10.7 Å². The molecule has 0 aliphatic heterocycles. The Morgan fingerprint density at radius 1 is 1.08 bits per heavy atom. The van der Waals surface area contributed by atoms with Crippen LogP contribution in [0, 0.1) is 0 Å². The largest absolute Gasteiger partial charge is 0.440 e. The van der Waals surface area contributed by atoms with Gasteiger partial charge in [-0.05, 0) is 30.8 Å². The first-order chi connectivity index (χ1) is 11.6. The minimum absolute atomic E-state index is 0.